The minimum absolute atomic E-state index is 0.286. The average molecular weight is 183 g/mol. The molecule has 74 valence electrons. The second-order valence-corrected chi connectivity index (χ2v) is 3.66. The molecule has 2 N–H and O–H groups in total. The first-order valence-electron chi connectivity index (χ1n) is 4.25. The molecule has 0 saturated heterocycles. The molecule has 0 heterocycles. The van der Waals surface area contributed by atoms with Gasteiger partial charge in [-0.05, 0) is 27.7 Å². The fourth-order valence-corrected chi connectivity index (χ4v) is 0.757. The van der Waals surface area contributed by atoms with E-state index < -0.39 is 6.04 Å². The van der Waals surface area contributed by atoms with Gasteiger partial charge in [0.25, 0.3) is 0 Å². The molecule has 0 aromatic heterocycles. The Bertz CT molecular complexity index is 233. The lowest BCUT2D eigenvalue weighted by atomic mass is 9.96. The average Bonchev–Trinajstić information content (AvgIpc) is 2.00. The minimum atomic E-state index is -0.564. The van der Waals surface area contributed by atoms with Crippen molar-refractivity contribution in [3.05, 3.63) is 0 Å². The number of esters is 1. The normalized spacial score (nSPS) is 12.7. The summed E-state index contributed by atoms with van der Waals surface area (Å²) >= 11 is 0. The van der Waals surface area contributed by atoms with Gasteiger partial charge < -0.3 is 10.5 Å². The molecule has 0 aliphatic rings. The Hall–Kier alpha value is -1.01. The molecule has 0 aliphatic heterocycles. The van der Waals surface area contributed by atoms with Gasteiger partial charge in [-0.3, -0.25) is 4.79 Å². The highest BCUT2D eigenvalue weighted by Gasteiger charge is 2.18. The van der Waals surface area contributed by atoms with Crippen molar-refractivity contribution in [3.63, 3.8) is 0 Å². The molecule has 13 heavy (non-hydrogen) atoms. The molecule has 0 bridgehead atoms. The third-order valence-corrected chi connectivity index (χ3v) is 1.41. The van der Waals surface area contributed by atoms with Crippen LogP contribution in [0, 0.1) is 17.3 Å². The van der Waals surface area contributed by atoms with Gasteiger partial charge >= 0.3 is 5.97 Å². The topological polar surface area (TPSA) is 52.3 Å². The van der Waals surface area contributed by atoms with Crippen molar-refractivity contribution >= 4 is 5.97 Å². The minimum Gasteiger partial charge on any atom is -0.463 e. The Labute approximate surface area is 79.6 Å². The molecule has 3 nitrogen and oxygen atoms in total. The van der Waals surface area contributed by atoms with Crippen LogP contribution < -0.4 is 5.73 Å². The van der Waals surface area contributed by atoms with Crippen LogP contribution in [0.5, 0.6) is 0 Å². The maximum Gasteiger partial charge on any atom is 0.322 e. The maximum atomic E-state index is 11.0. The predicted molar refractivity (Wildman–Crippen MR) is 51.8 cm³/mol. The van der Waals surface area contributed by atoms with Crippen molar-refractivity contribution in [3.8, 4) is 11.8 Å². The lowest BCUT2D eigenvalue weighted by Crippen LogP contribution is -2.31. The van der Waals surface area contributed by atoms with E-state index in [4.69, 9.17) is 10.5 Å². The number of hydrogen-bond donors (Lipinski definition) is 1. The molecule has 0 fully saturated rings. The highest BCUT2D eigenvalue weighted by Crippen LogP contribution is 2.13. The van der Waals surface area contributed by atoms with Crippen LogP contribution >= 0.6 is 0 Å². The molecule has 0 unspecified atom stereocenters. The highest BCUT2D eigenvalue weighted by molar-refractivity contribution is 5.74. The zero-order valence-electron chi connectivity index (χ0n) is 8.68. The molecule has 1 atom stereocenters. The van der Waals surface area contributed by atoms with Gasteiger partial charge in [-0.25, -0.2) is 0 Å². The second-order valence-electron chi connectivity index (χ2n) is 3.66. The summed E-state index contributed by atoms with van der Waals surface area (Å²) in [7, 11) is 0. The fraction of sp³-hybridized carbons (Fsp3) is 0.700. The zero-order chi connectivity index (χ0) is 10.5. The van der Waals surface area contributed by atoms with E-state index in [1.165, 1.54) is 0 Å². The van der Waals surface area contributed by atoms with Crippen molar-refractivity contribution in [2.24, 2.45) is 11.1 Å². The summed E-state index contributed by atoms with van der Waals surface area (Å²) in [6.07, 6.45) is 0. The van der Waals surface area contributed by atoms with E-state index in [1.807, 2.05) is 13.8 Å². The molecule has 0 spiro atoms. The lowest BCUT2D eigenvalue weighted by molar-refractivity contribution is -0.146. The van der Waals surface area contributed by atoms with Crippen LogP contribution in [0.15, 0.2) is 0 Å². The van der Waals surface area contributed by atoms with E-state index >= 15 is 0 Å². The number of carbonyl (C=O) groups excluding carboxylic acids is 1. The van der Waals surface area contributed by atoms with Gasteiger partial charge in [0.1, 0.15) is 12.6 Å². The first-order chi connectivity index (χ1) is 5.89. The summed E-state index contributed by atoms with van der Waals surface area (Å²) in [4.78, 5) is 11.0. The number of rotatable bonds is 3. The number of nitrogens with two attached hydrogens (primary N) is 1. The monoisotopic (exact) mass is 183 g/mol. The van der Waals surface area contributed by atoms with E-state index in [2.05, 4.69) is 11.8 Å². The van der Waals surface area contributed by atoms with Gasteiger partial charge in [0, 0.05) is 0 Å². The Morgan fingerprint density at radius 3 is 2.54 bits per heavy atom. The van der Waals surface area contributed by atoms with Crippen LogP contribution in [0.2, 0.25) is 0 Å². The van der Waals surface area contributed by atoms with E-state index in [0.717, 1.165) is 0 Å². The van der Waals surface area contributed by atoms with E-state index in [-0.39, 0.29) is 18.0 Å². The Morgan fingerprint density at radius 2 is 2.15 bits per heavy atom. The fourth-order valence-electron chi connectivity index (χ4n) is 0.757. The Balaban J connectivity index is 4.00. The first-order valence-corrected chi connectivity index (χ1v) is 4.25. The van der Waals surface area contributed by atoms with Crippen LogP contribution in [0.25, 0.3) is 0 Å². The molecule has 0 amide bonds. The number of carbonyl (C=O) groups is 1. The third kappa shape index (κ3) is 5.26. The van der Waals surface area contributed by atoms with Crippen LogP contribution in [-0.4, -0.2) is 18.6 Å². The van der Waals surface area contributed by atoms with Crippen LogP contribution in [0.4, 0.5) is 0 Å². The molecule has 0 radical (unpaired) electrons. The molecule has 0 rings (SSSR count). The molecule has 3 heteroatoms. The van der Waals surface area contributed by atoms with E-state index in [1.54, 1.807) is 13.8 Å². The summed E-state index contributed by atoms with van der Waals surface area (Å²) in [6, 6.07) is -0.564. The molecular weight excluding hydrogens is 166 g/mol. The zero-order valence-corrected chi connectivity index (χ0v) is 8.68. The standard InChI is InChI=1S/C10H17NO2/c1-5-6-10(3,4)7-13-9(12)8(2)11/h8H,7,11H2,1-4H3/t8-/m0/s1. The summed E-state index contributed by atoms with van der Waals surface area (Å²) < 4.78 is 4.95. The lowest BCUT2D eigenvalue weighted by Gasteiger charge is -2.18. The van der Waals surface area contributed by atoms with Gasteiger partial charge in [0.15, 0.2) is 0 Å². The summed E-state index contributed by atoms with van der Waals surface area (Å²) in [5.41, 5.74) is 5.04. The Kier molecular flexibility index (Phi) is 4.50. The van der Waals surface area contributed by atoms with Gasteiger partial charge in [0.2, 0.25) is 0 Å². The van der Waals surface area contributed by atoms with Crippen LogP contribution in [0.1, 0.15) is 27.7 Å². The van der Waals surface area contributed by atoms with Crippen molar-refractivity contribution in [2.45, 2.75) is 33.7 Å². The summed E-state index contributed by atoms with van der Waals surface area (Å²) in [5.74, 6) is 5.35. The third-order valence-electron chi connectivity index (χ3n) is 1.41. The quantitative estimate of drug-likeness (QED) is 0.523. The SMILES string of the molecule is CC#CC(C)(C)COC(=O)[C@H](C)N. The number of hydrogen-bond acceptors (Lipinski definition) is 3. The second kappa shape index (κ2) is 4.88. The highest BCUT2D eigenvalue weighted by atomic mass is 16.5. The van der Waals surface area contributed by atoms with Crippen molar-refractivity contribution in [1.29, 1.82) is 0 Å². The predicted octanol–water partition coefficient (Wildman–Crippen LogP) is 0.926. The Morgan fingerprint density at radius 1 is 1.62 bits per heavy atom. The molecule has 0 aromatic rings. The van der Waals surface area contributed by atoms with Gasteiger partial charge in [-0.1, -0.05) is 5.92 Å². The van der Waals surface area contributed by atoms with Crippen molar-refractivity contribution in [2.75, 3.05) is 6.61 Å². The molecule has 0 aromatic carbocycles. The van der Waals surface area contributed by atoms with Crippen molar-refractivity contribution in [1.82, 2.24) is 0 Å². The van der Waals surface area contributed by atoms with E-state index in [9.17, 15) is 4.79 Å². The number of ether oxygens (including phenoxy) is 1. The first kappa shape index (κ1) is 12.0. The summed E-state index contributed by atoms with van der Waals surface area (Å²) in [6.45, 7) is 7.47. The molecular formula is C10H17NO2. The van der Waals surface area contributed by atoms with E-state index in [0.29, 0.717) is 0 Å². The summed E-state index contributed by atoms with van der Waals surface area (Å²) in [5, 5.41) is 0. The smallest absolute Gasteiger partial charge is 0.322 e. The molecule has 0 saturated carbocycles. The van der Waals surface area contributed by atoms with Gasteiger partial charge in [0.05, 0.1) is 5.41 Å². The molecule has 0 aliphatic carbocycles. The maximum absolute atomic E-state index is 11.0. The van der Waals surface area contributed by atoms with Crippen LogP contribution in [0.3, 0.4) is 0 Å². The van der Waals surface area contributed by atoms with Gasteiger partial charge in [-0.15, -0.1) is 5.92 Å². The van der Waals surface area contributed by atoms with Crippen LogP contribution in [-0.2, 0) is 9.53 Å². The van der Waals surface area contributed by atoms with Gasteiger partial charge in [-0.2, -0.15) is 0 Å². The van der Waals surface area contributed by atoms with Crippen molar-refractivity contribution < 1.29 is 9.53 Å². The largest absolute Gasteiger partial charge is 0.463 e.